The maximum atomic E-state index is 11.4. The van der Waals surface area contributed by atoms with Gasteiger partial charge in [0.05, 0.1) is 13.2 Å². The number of carbonyl (C=O) groups excluding carboxylic acids is 1. The summed E-state index contributed by atoms with van der Waals surface area (Å²) in [5.74, 6) is 0.411. The van der Waals surface area contributed by atoms with Gasteiger partial charge in [-0.15, -0.1) is 0 Å². The van der Waals surface area contributed by atoms with Crippen molar-refractivity contribution in [3.63, 3.8) is 0 Å². The van der Waals surface area contributed by atoms with E-state index in [1.54, 1.807) is 0 Å². The minimum atomic E-state index is 0.124. The molecule has 0 aliphatic carbocycles. The quantitative estimate of drug-likeness (QED) is 0.682. The monoisotopic (exact) mass is 242 g/mol. The van der Waals surface area contributed by atoms with Gasteiger partial charge in [-0.05, 0) is 13.8 Å². The second kappa shape index (κ2) is 7.09. The normalized spacial score (nSPS) is 21.6. The van der Waals surface area contributed by atoms with Crippen LogP contribution in [-0.4, -0.2) is 49.2 Å². The molecule has 1 fully saturated rings. The molecule has 1 rings (SSSR count). The minimum absolute atomic E-state index is 0.124. The molecule has 0 aromatic rings. The van der Waals surface area contributed by atoms with Crippen LogP contribution in [0.1, 0.15) is 34.1 Å². The zero-order valence-electron chi connectivity index (χ0n) is 11.5. The van der Waals surface area contributed by atoms with Crippen LogP contribution in [0.5, 0.6) is 0 Å². The van der Waals surface area contributed by atoms with Gasteiger partial charge in [-0.3, -0.25) is 9.69 Å². The van der Waals surface area contributed by atoms with Crippen molar-refractivity contribution >= 4 is 5.78 Å². The van der Waals surface area contributed by atoms with E-state index in [0.717, 1.165) is 19.8 Å². The summed E-state index contributed by atoms with van der Waals surface area (Å²) < 4.78 is 5.62. The highest BCUT2D eigenvalue weighted by Gasteiger charge is 2.26. The number of hydrogen-bond donors (Lipinski definition) is 1. The zero-order valence-corrected chi connectivity index (χ0v) is 11.5. The molecule has 0 bridgehead atoms. The van der Waals surface area contributed by atoms with Gasteiger partial charge in [0.1, 0.15) is 5.78 Å². The van der Waals surface area contributed by atoms with E-state index in [1.807, 2.05) is 13.8 Å². The first-order chi connectivity index (χ1) is 8.02. The summed E-state index contributed by atoms with van der Waals surface area (Å²) in [7, 11) is 0. The number of carbonyl (C=O) groups is 1. The van der Waals surface area contributed by atoms with Crippen LogP contribution in [0.3, 0.4) is 0 Å². The first kappa shape index (κ1) is 14.6. The van der Waals surface area contributed by atoms with Gasteiger partial charge in [-0.25, -0.2) is 0 Å². The van der Waals surface area contributed by atoms with Gasteiger partial charge in [0.25, 0.3) is 0 Å². The highest BCUT2D eigenvalue weighted by molar-refractivity contribution is 5.80. The SMILES string of the molecule is CC(C)C(=O)CCOCC1CNCN1C(C)C. The van der Waals surface area contributed by atoms with Crippen molar-refractivity contribution in [3.8, 4) is 0 Å². The third-order valence-electron chi connectivity index (χ3n) is 3.25. The van der Waals surface area contributed by atoms with Gasteiger partial charge in [0, 0.05) is 37.6 Å². The van der Waals surface area contributed by atoms with Crippen molar-refractivity contribution in [1.82, 2.24) is 10.2 Å². The zero-order chi connectivity index (χ0) is 12.8. The maximum absolute atomic E-state index is 11.4. The Labute approximate surface area is 105 Å². The Bertz CT molecular complexity index is 242. The number of hydrogen-bond acceptors (Lipinski definition) is 4. The van der Waals surface area contributed by atoms with E-state index in [1.165, 1.54) is 0 Å². The third-order valence-corrected chi connectivity index (χ3v) is 3.25. The average Bonchev–Trinajstić information content (AvgIpc) is 2.72. The molecule has 0 amide bonds. The molecule has 1 atom stereocenters. The number of nitrogens with one attached hydrogen (secondary N) is 1. The third kappa shape index (κ3) is 4.74. The molecular formula is C13H26N2O2. The number of nitrogens with zero attached hydrogens (tertiary/aromatic N) is 1. The Kier molecular flexibility index (Phi) is 6.09. The lowest BCUT2D eigenvalue weighted by Crippen LogP contribution is -2.39. The molecule has 1 aliphatic heterocycles. The van der Waals surface area contributed by atoms with E-state index in [4.69, 9.17) is 4.74 Å². The molecule has 17 heavy (non-hydrogen) atoms. The molecule has 0 aromatic carbocycles. The van der Waals surface area contributed by atoms with Crippen LogP contribution >= 0.6 is 0 Å². The molecular weight excluding hydrogens is 216 g/mol. The summed E-state index contributed by atoms with van der Waals surface area (Å²) in [5, 5.41) is 3.35. The van der Waals surface area contributed by atoms with E-state index in [-0.39, 0.29) is 11.7 Å². The molecule has 1 saturated heterocycles. The first-order valence-electron chi connectivity index (χ1n) is 6.59. The molecule has 4 heteroatoms. The Hall–Kier alpha value is -0.450. The summed E-state index contributed by atoms with van der Waals surface area (Å²) in [4.78, 5) is 13.8. The van der Waals surface area contributed by atoms with Crippen LogP contribution < -0.4 is 5.32 Å². The molecule has 0 radical (unpaired) electrons. The van der Waals surface area contributed by atoms with Crippen LogP contribution in [0, 0.1) is 5.92 Å². The smallest absolute Gasteiger partial charge is 0.137 e. The van der Waals surface area contributed by atoms with Gasteiger partial charge in [0.15, 0.2) is 0 Å². The van der Waals surface area contributed by atoms with Crippen molar-refractivity contribution in [2.75, 3.05) is 26.4 Å². The predicted molar refractivity (Wildman–Crippen MR) is 68.9 cm³/mol. The van der Waals surface area contributed by atoms with Gasteiger partial charge < -0.3 is 10.1 Å². The highest BCUT2D eigenvalue weighted by Crippen LogP contribution is 2.09. The summed E-state index contributed by atoms with van der Waals surface area (Å²) in [6.45, 7) is 11.5. The number of rotatable bonds is 7. The molecule has 100 valence electrons. The minimum Gasteiger partial charge on any atom is -0.379 e. The topological polar surface area (TPSA) is 41.6 Å². The van der Waals surface area contributed by atoms with Gasteiger partial charge >= 0.3 is 0 Å². The summed E-state index contributed by atoms with van der Waals surface area (Å²) in [5.41, 5.74) is 0. The largest absolute Gasteiger partial charge is 0.379 e. The van der Waals surface area contributed by atoms with Gasteiger partial charge in [-0.2, -0.15) is 0 Å². The number of Topliss-reactive ketones (excluding diaryl/α,β-unsaturated/α-hetero) is 1. The van der Waals surface area contributed by atoms with E-state index >= 15 is 0 Å². The molecule has 1 N–H and O–H groups in total. The fraction of sp³-hybridized carbons (Fsp3) is 0.923. The Morgan fingerprint density at radius 1 is 1.41 bits per heavy atom. The van der Waals surface area contributed by atoms with E-state index < -0.39 is 0 Å². The summed E-state index contributed by atoms with van der Waals surface area (Å²) in [6, 6.07) is 0.986. The van der Waals surface area contributed by atoms with E-state index in [2.05, 4.69) is 24.1 Å². The molecule has 0 spiro atoms. The molecule has 0 saturated carbocycles. The fourth-order valence-corrected chi connectivity index (χ4v) is 2.05. The second-order valence-corrected chi connectivity index (χ2v) is 5.32. The molecule has 0 aromatic heterocycles. The first-order valence-corrected chi connectivity index (χ1v) is 6.59. The average molecular weight is 242 g/mol. The predicted octanol–water partition coefficient (Wildman–Crippen LogP) is 1.26. The van der Waals surface area contributed by atoms with Crippen molar-refractivity contribution in [1.29, 1.82) is 0 Å². The van der Waals surface area contributed by atoms with Gasteiger partial charge in [0.2, 0.25) is 0 Å². The van der Waals surface area contributed by atoms with Crippen LogP contribution in [0.15, 0.2) is 0 Å². The molecule has 4 nitrogen and oxygen atoms in total. The highest BCUT2D eigenvalue weighted by atomic mass is 16.5. The molecule has 1 aliphatic rings. The Morgan fingerprint density at radius 2 is 2.12 bits per heavy atom. The molecule has 1 unspecified atom stereocenters. The van der Waals surface area contributed by atoms with Crippen molar-refractivity contribution in [3.05, 3.63) is 0 Å². The lowest BCUT2D eigenvalue weighted by Gasteiger charge is -2.26. The van der Waals surface area contributed by atoms with Crippen LogP contribution in [0.4, 0.5) is 0 Å². The summed E-state index contributed by atoms with van der Waals surface area (Å²) >= 11 is 0. The maximum Gasteiger partial charge on any atom is 0.137 e. The summed E-state index contributed by atoms with van der Waals surface area (Å²) in [6.07, 6.45) is 0.541. The van der Waals surface area contributed by atoms with Crippen LogP contribution in [0.2, 0.25) is 0 Å². The van der Waals surface area contributed by atoms with Crippen LogP contribution in [0.25, 0.3) is 0 Å². The van der Waals surface area contributed by atoms with E-state index in [0.29, 0.717) is 25.1 Å². The van der Waals surface area contributed by atoms with E-state index in [9.17, 15) is 4.79 Å². The van der Waals surface area contributed by atoms with Crippen molar-refractivity contribution in [2.24, 2.45) is 5.92 Å². The standard InChI is InChI=1S/C13H26N2O2/c1-10(2)13(16)5-6-17-8-12-7-14-9-15(12)11(3)4/h10-12,14H,5-9H2,1-4H3. The fourth-order valence-electron chi connectivity index (χ4n) is 2.05. The van der Waals surface area contributed by atoms with Crippen molar-refractivity contribution < 1.29 is 9.53 Å². The molecule has 1 heterocycles. The lowest BCUT2D eigenvalue weighted by molar-refractivity contribution is -0.123. The lowest BCUT2D eigenvalue weighted by atomic mass is 10.1. The van der Waals surface area contributed by atoms with Crippen LogP contribution in [-0.2, 0) is 9.53 Å². The van der Waals surface area contributed by atoms with Gasteiger partial charge in [-0.1, -0.05) is 13.8 Å². The second-order valence-electron chi connectivity index (χ2n) is 5.32. The number of ether oxygens (including phenoxy) is 1. The number of ketones is 1. The Morgan fingerprint density at radius 3 is 2.71 bits per heavy atom. The Balaban J connectivity index is 2.16. The van der Waals surface area contributed by atoms with Crippen molar-refractivity contribution in [2.45, 2.75) is 46.2 Å².